The average molecular weight is 222 g/mol. The van der Waals surface area contributed by atoms with Crippen LogP contribution in [-0.2, 0) is 0 Å². The van der Waals surface area contributed by atoms with Crippen molar-refractivity contribution < 1.29 is 0 Å². The van der Waals surface area contributed by atoms with Gasteiger partial charge >= 0.3 is 0 Å². The Morgan fingerprint density at radius 3 is 3.07 bits per heavy atom. The molecular formula is C12H18N2S. The number of aryl methyl sites for hydroxylation is 1. The molecule has 82 valence electrons. The van der Waals surface area contributed by atoms with Crippen molar-refractivity contribution in [2.45, 2.75) is 25.0 Å². The summed E-state index contributed by atoms with van der Waals surface area (Å²) in [5.74, 6) is 1.33. The van der Waals surface area contributed by atoms with Crippen LogP contribution in [0, 0.1) is 6.92 Å². The summed E-state index contributed by atoms with van der Waals surface area (Å²) >= 11 is 2.08. The van der Waals surface area contributed by atoms with Crippen LogP contribution in [0.25, 0.3) is 0 Å². The number of nitrogens with one attached hydrogen (secondary N) is 1. The van der Waals surface area contributed by atoms with Crippen molar-refractivity contribution in [3.63, 3.8) is 0 Å². The maximum Gasteiger partial charge on any atom is 0.0345 e. The summed E-state index contributed by atoms with van der Waals surface area (Å²) in [5.41, 5.74) is 8.99. The van der Waals surface area contributed by atoms with Gasteiger partial charge < -0.3 is 11.1 Å². The quantitative estimate of drug-likeness (QED) is 0.772. The lowest BCUT2D eigenvalue weighted by atomic mass is 10.2. The van der Waals surface area contributed by atoms with E-state index in [9.17, 15) is 0 Å². The summed E-state index contributed by atoms with van der Waals surface area (Å²) in [4.78, 5) is 0. The molecule has 1 aromatic rings. The molecule has 0 bridgehead atoms. The van der Waals surface area contributed by atoms with Gasteiger partial charge in [-0.05, 0) is 49.3 Å². The van der Waals surface area contributed by atoms with Gasteiger partial charge in [0.2, 0.25) is 0 Å². The Labute approximate surface area is 95.6 Å². The third kappa shape index (κ3) is 2.81. The fourth-order valence-electron chi connectivity index (χ4n) is 1.82. The number of hydrogen-bond donors (Lipinski definition) is 2. The van der Waals surface area contributed by atoms with E-state index in [1.54, 1.807) is 0 Å². The standard InChI is InChI=1S/C12H18N2S/c1-9-7-10(4-5-12(9)13)14-8-11-3-2-6-15-11/h4-5,7,11,14H,2-3,6,8,13H2,1H3. The molecule has 3 N–H and O–H groups in total. The molecule has 1 saturated heterocycles. The third-order valence-corrected chi connectivity index (χ3v) is 4.23. The Hall–Kier alpha value is -0.830. The van der Waals surface area contributed by atoms with Gasteiger partial charge in [-0.15, -0.1) is 0 Å². The van der Waals surface area contributed by atoms with E-state index in [4.69, 9.17) is 5.73 Å². The molecule has 0 amide bonds. The highest BCUT2D eigenvalue weighted by atomic mass is 32.2. The molecule has 1 heterocycles. The predicted molar refractivity (Wildman–Crippen MR) is 69.6 cm³/mol. The number of nitrogen functional groups attached to an aromatic ring is 1. The molecule has 3 heteroatoms. The zero-order chi connectivity index (χ0) is 10.7. The molecule has 1 unspecified atom stereocenters. The van der Waals surface area contributed by atoms with Gasteiger partial charge in [0.1, 0.15) is 0 Å². The molecule has 0 aromatic heterocycles. The lowest BCUT2D eigenvalue weighted by Crippen LogP contribution is -2.13. The summed E-state index contributed by atoms with van der Waals surface area (Å²) < 4.78 is 0. The maximum absolute atomic E-state index is 5.78. The minimum Gasteiger partial charge on any atom is -0.399 e. The number of nitrogens with two attached hydrogens (primary N) is 1. The second-order valence-corrected chi connectivity index (χ2v) is 5.50. The fraction of sp³-hybridized carbons (Fsp3) is 0.500. The smallest absolute Gasteiger partial charge is 0.0345 e. The zero-order valence-electron chi connectivity index (χ0n) is 9.12. The highest BCUT2D eigenvalue weighted by Crippen LogP contribution is 2.26. The minimum atomic E-state index is 0.794. The molecule has 0 radical (unpaired) electrons. The van der Waals surface area contributed by atoms with Crippen LogP contribution in [-0.4, -0.2) is 17.5 Å². The highest BCUT2D eigenvalue weighted by molar-refractivity contribution is 8.00. The van der Waals surface area contributed by atoms with Crippen LogP contribution in [0.2, 0.25) is 0 Å². The van der Waals surface area contributed by atoms with E-state index in [0.717, 1.165) is 23.0 Å². The predicted octanol–water partition coefficient (Wildman–Crippen LogP) is 2.88. The molecule has 1 atom stereocenters. The first-order valence-electron chi connectivity index (χ1n) is 5.47. The molecule has 0 spiro atoms. The van der Waals surface area contributed by atoms with Crippen molar-refractivity contribution in [1.82, 2.24) is 0 Å². The van der Waals surface area contributed by atoms with Gasteiger partial charge in [-0.1, -0.05) is 0 Å². The Morgan fingerprint density at radius 2 is 2.40 bits per heavy atom. The van der Waals surface area contributed by atoms with Crippen LogP contribution in [0.15, 0.2) is 18.2 Å². The Morgan fingerprint density at radius 1 is 1.53 bits per heavy atom. The van der Waals surface area contributed by atoms with E-state index in [-0.39, 0.29) is 0 Å². The van der Waals surface area contributed by atoms with Crippen molar-refractivity contribution in [1.29, 1.82) is 0 Å². The zero-order valence-corrected chi connectivity index (χ0v) is 9.94. The van der Waals surface area contributed by atoms with E-state index >= 15 is 0 Å². The van der Waals surface area contributed by atoms with Crippen molar-refractivity contribution >= 4 is 23.1 Å². The van der Waals surface area contributed by atoms with Crippen LogP contribution in [0.5, 0.6) is 0 Å². The average Bonchev–Trinajstić information content (AvgIpc) is 2.73. The van der Waals surface area contributed by atoms with Gasteiger partial charge in [0.05, 0.1) is 0 Å². The lowest BCUT2D eigenvalue weighted by Gasteiger charge is -2.12. The molecule has 2 rings (SSSR count). The highest BCUT2D eigenvalue weighted by Gasteiger charge is 2.14. The molecule has 15 heavy (non-hydrogen) atoms. The first-order valence-corrected chi connectivity index (χ1v) is 6.52. The van der Waals surface area contributed by atoms with Crippen molar-refractivity contribution in [3.05, 3.63) is 23.8 Å². The molecule has 1 aromatic carbocycles. The third-order valence-electron chi connectivity index (χ3n) is 2.83. The second kappa shape index (κ2) is 4.79. The van der Waals surface area contributed by atoms with E-state index in [2.05, 4.69) is 29.2 Å². The number of thioether (sulfide) groups is 1. The number of benzene rings is 1. The first-order chi connectivity index (χ1) is 7.25. The maximum atomic E-state index is 5.78. The van der Waals surface area contributed by atoms with Crippen LogP contribution >= 0.6 is 11.8 Å². The molecular weight excluding hydrogens is 204 g/mol. The van der Waals surface area contributed by atoms with Gasteiger partial charge in [-0.2, -0.15) is 11.8 Å². The van der Waals surface area contributed by atoms with E-state index in [1.165, 1.54) is 24.3 Å². The molecule has 2 nitrogen and oxygen atoms in total. The summed E-state index contributed by atoms with van der Waals surface area (Å²) in [5, 5.41) is 4.27. The SMILES string of the molecule is Cc1cc(NCC2CCCS2)ccc1N. The van der Waals surface area contributed by atoms with Gasteiger partial charge in [0.25, 0.3) is 0 Å². The molecule has 0 saturated carbocycles. The minimum absolute atomic E-state index is 0.794. The van der Waals surface area contributed by atoms with Gasteiger partial charge in [-0.25, -0.2) is 0 Å². The van der Waals surface area contributed by atoms with E-state index < -0.39 is 0 Å². The van der Waals surface area contributed by atoms with Crippen LogP contribution in [0.4, 0.5) is 11.4 Å². The summed E-state index contributed by atoms with van der Waals surface area (Å²) in [7, 11) is 0. The number of anilines is 2. The summed E-state index contributed by atoms with van der Waals surface area (Å²) in [6, 6.07) is 6.15. The van der Waals surface area contributed by atoms with Gasteiger partial charge in [0.15, 0.2) is 0 Å². The monoisotopic (exact) mass is 222 g/mol. The van der Waals surface area contributed by atoms with Crippen molar-refractivity contribution in [2.24, 2.45) is 0 Å². The normalized spacial score (nSPS) is 20.5. The van der Waals surface area contributed by atoms with Crippen molar-refractivity contribution in [2.75, 3.05) is 23.3 Å². The largest absolute Gasteiger partial charge is 0.399 e. The number of rotatable bonds is 3. The summed E-state index contributed by atoms with van der Waals surface area (Å²) in [6.07, 6.45) is 2.73. The van der Waals surface area contributed by atoms with Crippen LogP contribution in [0.1, 0.15) is 18.4 Å². The second-order valence-electron chi connectivity index (χ2n) is 4.09. The molecule has 1 aliphatic heterocycles. The van der Waals surface area contributed by atoms with E-state index in [1.807, 2.05) is 13.0 Å². The van der Waals surface area contributed by atoms with Crippen LogP contribution < -0.4 is 11.1 Å². The molecule has 1 aliphatic rings. The van der Waals surface area contributed by atoms with Crippen LogP contribution in [0.3, 0.4) is 0 Å². The number of hydrogen-bond acceptors (Lipinski definition) is 3. The topological polar surface area (TPSA) is 38.0 Å². The fourth-order valence-corrected chi connectivity index (χ4v) is 3.02. The van der Waals surface area contributed by atoms with Gasteiger partial charge in [0, 0.05) is 23.2 Å². The van der Waals surface area contributed by atoms with E-state index in [0.29, 0.717) is 0 Å². The summed E-state index contributed by atoms with van der Waals surface area (Å²) in [6.45, 7) is 3.12. The first kappa shape index (κ1) is 10.7. The van der Waals surface area contributed by atoms with Crippen molar-refractivity contribution in [3.8, 4) is 0 Å². The van der Waals surface area contributed by atoms with Gasteiger partial charge in [-0.3, -0.25) is 0 Å². The Balaban J connectivity index is 1.90. The molecule has 0 aliphatic carbocycles. The molecule has 1 fully saturated rings. The Kier molecular flexibility index (Phi) is 3.41. The lowest BCUT2D eigenvalue weighted by molar-refractivity contribution is 0.805. The Bertz CT molecular complexity index is 332.